The van der Waals surface area contributed by atoms with Crippen LogP contribution in [0, 0.1) is 0 Å². The minimum Gasteiger partial charge on any atom is -0.390 e. The molecule has 1 aromatic heterocycles. The number of rotatable bonds is 4. The number of thioether (sulfide) groups is 1. The maximum absolute atomic E-state index is 13.5. The first kappa shape index (κ1) is 23.9. The van der Waals surface area contributed by atoms with Gasteiger partial charge in [0.05, 0.1) is 40.9 Å². The number of carbonyl (C=O) groups is 2. The smallest absolute Gasteiger partial charge is 0.390 e. The summed E-state index contributed by atoms with van der Waals surface area (Å²) in [7, 11) is 0. The Kier molecular flexibility index (Phi) is 6.12. The predicted molar refractivity (Wildman–Crippen MR) is 126 cm³/mol. The first-order valence-corrected chi connectivity index (χ1v) is 11.8. The van der Waals surface area contributed by atoms with E-state index in [9.17, 15) is 27.9 Å². The fraction of sp³-hybridized carbons (Fsp3) is 0.261. The lowest BCUT2D eigenvalue weighted by atomic mass is 10.1. The number of fused-ring (bicyclic) bond motifs is 1. The van der Waals surface area contributed by atoms with Gasteiger partial charge in [-0.15, -0.1) is 0 Å². The molecule has 3 aromatic rings. The first-order valence-electron chi connectivity index (χ1n) is 10.6. The molecule has 2 aliphatic heterocycles. The number of hydrogen-bond donors (Lipinski definition) is 2. The van der Waals surface area contributed by atoms with E-state index >= 15 is 0 Å². The maximum Gasteiger partial charge on any atom is 0.416 e. The number of halogens is 4. The number of aliphatic hydroxyl groups excluding tert-OH is 1. The van der Waals surface area contributed by atoms with Crippen LogP contribution >= 0.6 is 23.4 Å². The summed E-state index contributed by atoms with van der Waals surface area (Å²) in [4.78, 5) is 26.6. The number of carbonyl (C=O) groups excluding carboxylic acids is 2. The van der Waals surface area contributed by atoms with Gasteiger partial charge in [0.1, 0.15) is 0 Å². The summed E-state index contributed by atoms with van der Waals surface area (Å²) in [6, 6.07) is 8.17. The van der Waals surface area contributed by atoms with Crippen LogP contribution < -0.4 is 5.32 Å². The molecule has 2 N–H and O–H groups in total. The molecule has 0 radical (unpaired) electrons. The number of benzene rings is 2. The SMILES string of the molecule is O=C1S/C(=C\c2ccc3c(cnn3Cc3ccc(Cl)cc3C(F)(F)F)c2)C(=O)N1C1CNC[C@H]1O. The van der Waals surface area contributed by atoms with Crippen molar-refractivity contribution in [3.8, 4) is 0 Å². The largest absolute Gasteiger partial charge is 0.416 e. The average molecular weight is 523 g/mol. The van der Waals surface area contributed by atoms with E-state index in [1.165, 1.54) is 23.0 Å². The highest BCUT2D eigenvalue weighted by Crippen LogP contribution is 2.36. The van der Waals surface area contributed by atoms with Gasteiger partial charge in [0.2, 0.25) is 0 Å². The summed E-state index contributed by atoms with van der Waals surface area (Å²) in [5.74, 6) is -0.467. The third-order valence-corrected chi connectivity index (χ3v) is 7.09. The minimum atomic E-state index is -4.55. The van der Waals surface area contributed by atoms with E-state index in [4.69, 9.17) is 11.6 Å². The van der Waals surface area contributed by atoms with E-state index in [1.54, 1.807) is 24.3 Å². The molecular formula is C23H18ClF3N4O3S. The van der Waals surface area contributed by atoms with Crippen LogP contribution in [0.4, 0.5) is 18.0 Å². The van der Waals surface area contributed by atoms with Gasteiger partial charge in [-0.2, -0.15) is 18.3 Å². The molecule has 2 aliphatic rings. The van der Waals surface area contributed by atoms with E-state index < -0.39 is 35.0 Å². The predicted octanol–water partition coefficient (Wildman–Crippen LogP) is 4.13. The van der Waals surface area contributed by atoms with E-state index in [2.05, 4.69) is 10.4 Å². The van der Waals surface area contributed by atoms with Crippen LogP contribution in [-0.4, -0.2) is 56.2 Å². The highest BCUT2D eigenvalue weighted by Gasteiger charge is 2.44. The Morgan fingerprint density at radius 1 is 1.20 bits per heavy atom. The molecule has 1 unspecified atom stereocenters. The van der Waals surface area contributed by atoms with Crippen LogP contribution in [0.25, 0.3) is 17.0 Å². The topological polar surface area (TPSA) is 87.5 Å². The molecule has 2 atom stereocenters. The fourth-order valence-electron chi connectivity index (χ4n) is 4.26. The molecule has 0 saturated carbocycles. The van der Waals surface area contributed by atoms with Crippen molar-refractivity contribution in [1.82, 2.24) is 20.0 Å². The third-order valence-electron chi connectivity index (χ3n) is 5.97. The van der Waals surface area contributed by atoms with Gasteiger partial charge in [-0.05, 0) is 53.2 Å². The Balaban J connectivity index is 1.41. The number of nitrogens with zero attached hydrogens (tertiary/aromatic N) is 3. The molecule has 0 aliphatic carbocycles. The quantitative estimate of drug-likeness (QED) is 0.501. The molecule has 2 aromatic carbocycles. The normalized spacial score (nSPS) is 22.2. The molecule has 2 amide bonds. The second kappa shape index (κ2) is 8.98. The second-order valence-electron chi connectivity index (χ2n) is 8.26. The summed E-state index contributed by atoms with van der Waals surface area (Å²) in [5, 5.41) is 17.5. The van der Waals surface area contributed by atoms with Gasteiger partial charge in [0, 0.05) is 23.5 Å². The van der Waals surface area contributed by atoms with Crippen LogP contribution in [0.2, 0.25) is 5.02 Å². The Labute approximate surface area is 206 Å². The number of β-amino-alcohol motifs (C(OH)–C–C–N with tert-alkyl or cyclic N) is 1. The zero-order chi connectivity index (χ0) is 24.9. The lowest BCUT2D eigenvalue weighted by Gasteiger charge is -2.22. The van der Waals surface area contributed by atoms with Gasteiger partial charge in [-0.1, -0.05) is 23.7 Å². The van der Waals surface area contributed by atoms with Gasteiger partial charge in [-0.25, -0.2) is 0 Å². The highest BCUT2D eigenvalue weighted by atomic mass is 35.5. The summed E-state index contributed by atoms with van der Waals surface area (Å²) >= 11 is 6.57. The van der Waals surface area contributed by atoms with Crippen LogP contribution in [0.15, 0.2) is 47.5 Å². The molecule has 2 fully saturated rings. The van der Waals surface area contributed by atoms with Crippen molar-refractivity contribution in [3.05, 3.63) is 69.2 Å². The number of nitrogens with one attached hydrogen (secondary N) is 1. The van der Waals surface area contributed by atoms with Crippen LogP contribution in [0.3, 0.4) is 0 Å². The molecule has 0 spiro atoms. The van der Waals surface area contributed by atoms with Gasteiger partial charge in [0.15, 0.2) is 0 Å². The molecule has 3 heterocycles. The number of alkyl halides is 3. The highest BCUT2D eigenvalue weighted by molar-refractivity contribution is 8.18. The van der Waals surface area contributed by atoms with Crippen LogP contribution in [-0.2, 0) is 17.5 Å². The average Bonchev–Trinajstić information content (AvgIpc) is 3.46. The van der Waals surface area contributed by atoms with Gasteiger partial charge in [-0.3, -0.25) is 19.2 Å². The number of aromatic nitrogens is 2. The standard InChI is InChI=1S/C23H18ClF3N4O3S/c24-15-3-2-13(16(7-15)23(25,26)27)11-30-17-4-1-12(5-14(17)8-29-30)6-20-21(33)31(22(34)35-20)18-9-28-10-19(18)32/h1-8,18-19,28,32H,9-11H2/b20-6-/t18?,19-/m1/s1. The van der Waals surface area contributed by atoms with Crippen molar-refractivity contribution in [3.63, 3.8) is 0 Å². The monoisotopic (exact) mass is 522 g/mol. The maximum atomic E-state index is 13.5. The summed E-state index contributed by atoms with van der Waals surface area (Å²) in [6.07, 6.45) is -2.26. The van der Waals surface area contributed by atoms with Crippen LogP contribution in [0.1, 0.15) is 16.7 Å². The zero-order valence-corrected chi connectivity index (χ0v) is 19.5. The fourth-order valence-corrected chi connectivity index (χ4v) is 5.32. The Bertz CT molecular complexity index is 1370. The molecule has 182 valence electrons. The van der Waals surface area contributed by atoms with Gasteiger partial charge < -0.3 is 10.4 Å². The van der Waals surface area contributed by atoms with Gasteiger partial charge in [0.25, 0.3) is 11.1 Å². The van der Waals surface area contributed by atoms with Crippen LogP contribution in [0.5, 0.6) is 0 Å². The molecular weight excluding hydrogens is 505 g/mol. The van der Waals surface area contributed by atoms with Crippen molar-refractivity contribution in [2.75, 3.05) is 13.1 Å². The Hall–Kier alpha value is -2.86. The lowest BCUT2D eigenvalue weighted by molar-refractivity contribution is -0.138. The Morgan fingerprint density at radius 2 is 2.00 bits per heavy atom. The first-order chi connectivity index (χ1) is 16.6. The van der Waals surface area contributed by atoms with Crippen molar-refractivity contribution >= 4 is 51.5 Å². The second-order valence-corrected chi connectivity index (χ2v) is 9.69. The van der Waals surface area contributed by atoms with Crippen molar-refractivity contribution in [1.29, 1.82) is 0 Å². The molecule has 7 nitrogen and oxygen atoms in total. The summed E-state index contributed by atoms with van der Waals surface area (Å²) in [6.45, 7) is 0.541. The molecule has 35 heavy (non-hydrogen) atoms. The summed E-state index contributed by atoms with van der Waals surface area (Å²) in [5.41, 5.74) is 0.463. The van der Waals surface area contributed by atoms with E-state index in [0.29, 0.717) is 29.6 Å². The van der Waals surface area contributed by atoms with E-state index in [1.807, 2.05) is 0 Å². The minimum absolute atomic E-state index is 0.000780. The van der Waals surface area contributed by atoms with Crippen molar-refractivity contribution in [2.45, 2.75) is 24.9 Å². The third kappa shape index (κ3) is 4.56. The molecule has 12 heteroatoms. The molecule has 0 bridgehead atoms. The number of imide groups is 1. The van der Waals surface area contributed by atoms with Crippen molar-refractivity contribution < 1.29 is 27.9 Å². The molecule has 2 saturated heterocycles. The Morgan fingerprint density at radius 3 is 2.71 bits per heavy atom. The number of hydrogen-bond acceptors (Lipinski definition) is 6. The number of amides is 2. The van der Waals surface area contributed by atoms with E-state index in [-0.39, 0.29) is 22.0 Å². The zero-order valence-electron chi connectivity index (χ0n) is 17.9. The van der Waals surface area contributed by atoms with Crippen molar-refractivity contribution in [2.24, 2.45) is 0 Å². The summed E-state index contributed by atoms with van der Waals surface area (Å²) < 4.78 is 41.8. The van der Waals surface area contributed by atoms with Gasteiger partial charge >= 0.3 is 6.18 Å². The molecule has 5 rings (SSSR count). The van der Waals surface area contributed by atoms with E-state index in [0.717, 1.165) is 22.7 Å². The number of aliphatic hydroxyl groups is 1. The lowest BCUT2D eigenvalue weighted by Crippen LogP contribution is -2.45.